The van der Waals surface area contributed by atoms with Crippen LogP contribution in [-0.4, -0.2) is 52.0 Å². The number of rotatable bonds is 10. The van der Waals surface area contributed by atoms with E-state index in [0.717, 1.165) is 23.3 Å². The fourth-order valence-electron chi connectivity index (χ4n) is 2.48. The van der Waals surface area contributed by atoms with Gasteiger partial charge in [-0.15, -0.1) is 0 Å². The number of hydrogen-bond donors (Lipinski definition) is 2. The number of nitrogens with one attached hydrogen (secondary N) is 2. The number of aliphatic imine (C=N–C) groups is 1. The lowest BCUT2D eigenvalue weighted by Crippen LogP contribution is -2.38. The van der Waals surface area contributed by atoms with E-state index in [2.05, 4.69) is 20.6 Å². The SMILES string of the molecule is CN=C(NCCc1ccc(OC)cc1Cl)NCc1cccnc1OCCOC. The summed E-state index contributed by atoms with van der Waals surface area (Å²) < 4.78 is 15.8. The van der Waals surface area contributed by atoms with Crippen LogP contribution in [0.15, 0.2) is 41.5 Å². The normalized spacial score (nSPS) is 11.2. The number of benzene rings is 1. The molecule has 0 fully saturated rings. The molecule has 0 amide bonds. The van der Waals surface area contributed by atoms with Gasteiger partial charge >= 0.3 is 0 Å². The van der Waals surface area contributed by atoms with Crippen LogP contribution in [0.5, 0.6) is 11.6 Å². The van der Waals surface area contributed by atoms with Crippen LogP contribution in [0, 0.1) is 0 Å². The number of aromatic nitrogens is 1. The largest absolute Gasteiger partial charge is 0.497 e. The first-order chi connectivity index (χ1) is 13.7. The average Bonchev–Trinajstić information content (AvgIpc) is 2.72. The molecule has 0 saturated carbocycles. The van der Waals surface area contributed by atoms with Crippen LogP contribution < -0.4 is 20.1 Å². The third-order valence-electron chi connectivity index (χ3n) is 3.99. The predicted molar refractivity (Wildman–Crippen MR) is 112 cm³/mol. The molecule has 2 N–H and O–H groups in total. The van der Waals surface area contributed by atoms with Gasteiger partial charge in [-0.3, -0.25) is 4.99 Å². The van der Waals surface area contributed by atoms with E-state index in [4.69, 9.17) is 25.8 Å². The van der Waals surface area contributed by atoms with E-state index in [1.54, 1.807) is 27.5 Å². The van der Waals surface area contributed by atoms with E-state index in [1.807, 2.05) is 30.3 Å². The molecule has 0 unspecified atom stereocenters. The number of halogens is 1. The van der Waals surface area contributed by atoms with Gasteiger partial charge in [0, 0.05) is 44.0 Å². The van der Waals surface area contributed by atoms with Crippen molar-refractivity contribution in [1.82, 2.24) is 15.6 Å². The maximum absolute atomic E-state index is 6.28. The smallest absolute Gasteiger partial charge is 0.218 e. The van der Waals surface area contributed by atoms with Gasteiger partial charge in [-0.05, 0) is 30.2 Å². The monoisotopic (exact) mass is 406 g/mol. The van der Waals surface area contributed by atoms with Gasteiger partial charge in [-0.2, -0.15) is 0 Å². The summed E-state index contributed by atoms with van der Waals surface area (Å²) in [6.45, 7) is 2.20. The predicted octanol–water partition coefficient (Wildman–Crippen LogP) is 2.68. The molecule has 0 aliphatic carbocycles. The van der Waals surface area contributed by atoms with Crippen LogP contribution in [0.3, 0.4) is 0 Å². The third-order valence-corrected chi connectivity index (χ3v) is 4.34. The highest BCUT2D eigenvalue weighted by atomic mass is 35.5. The molecule has 0 bridgehead atoms. The molecule has 8 heteroatoms. The number of guanidine groups is 1. The molecular weight excluding hydrogens is 380 g/mol. The zero-order valence-electron chi connectivity index (χ0n) is 16.5. The van der Waals surface area contributed by atoms with Crippen molar-refractivity contribution >= 4 is 17.6 Å². The molecule has 1 aromatic carbocycles. The van der Waals surface area contributed by atoms with Crippen molar-refractivity contribution in [3.8, 4) is 11.6 Å². The van der Waals surface area contributed by atoms with Gasteiger partial charge in [0.1, 0.15) is 12.4 Å². The molecule has 1 heterocycles. The lowest BCUT2D eigenvalue weighted by molar-refractivity contribution is 0.143. The molecule has 7 nitrogen and oxygen atoms in total. The molecule has 0 atom stereocenters. The van der Waals surface area contributed by atoms with Crippen LogP contribution in [0.2, 0.25) is 5.02 Å². The van der Waals surface area contributed by atoms with Crippen molar-refractivity contribution < 1.29 is 14.2 Å². The van der Waals surface area contributed by atoms with Crippen LogP contribution in [0.25, 0.3) is 0 Å². The molecule has 0 aliphatic heterocycles. The minimum absolute atomic E-state index is 0.454. The van der Waals surface area contributed by atoms with Gasteiger partial charge in [0.2, 0.25) is 5.88 Å². The van der Waals surface area contributed by atoms with Crippen molar-refractivity contribution in [2.45, 2.75) is 13.0 Å². The van der Waals surface area contributed by atoms with E-state index in [0.29, 0.717) is 43.2 Å². The number of methoxy groups -OCH3 is 2. The van der Waals surface area contributed by atoms with Gasteiger partial charge in [-0.1, -0.05) is 23.7 Å². The molecule has 0 aliphatic rings. The summed E-state index contributed by atoms with van der Waals surface area (Å²) in [5.41, 5.74) is 1.99. The highest BCUT2D eigenvalue weighted by Crippen LogP contribution is 2.22. The van der Waals surface area contributed by atoms with Crippen molar-refractivity contribution in [2.75, 3.05) is 41.0 Å². The van der Waals surface area contributed by atoms with Gasteiger partial charge in [-0.25, -0.2) is 4.98 Å². The Bertz CT molecular complexity index is 771. The zero-order chi connectivity index (χ0) is 20.2. The summed E-state index contributed by atoms with van der Waals surface area (Å²) in [5, 5.41) is 7.25. The first-order valence-corrected chi connectivity index (χ1v) is 9.38. The standard InChI is InChI=1S/C20H27ClN4O3/c1-22-20(24-10-8-15-6-7-17(27-3)13-18(15)21)25-14-16-5-4-9-23-19(16)28-12-11-26-2/h4-7,9,13H,8,10-12,14H2,1-3H3,(H2,22,24,25). The topological polar surface area (TPSA) is 77.0 Å². The summed E-state index contributed by atoms with van der Waals surface area (Å²) in [6.07, 6.45) is 2.47. The summed E-state index contributed by atoms with van der Waals surface area (Å²) in [7, 11) is 4.99. The molecule has 2 aromatic rings. The Morgan fingerprint density at radius 3 is 2.71 bits per heavy atom. The minimum Gasteiger partial charge on any atom is -0.497 e. The zero-order valence-corrected chi connectivity index (χ0v) is 17.3. The second-order valence-corrected chi connectivity index (χ2v) is 6.28. The maximum Gasteiger partial charge on any atom is 0.218 e. The van der Waals surface area contributed by atoms with Gasteiger partial charge < -0.3 is 24.8 Å². The number of hydrogen-bond acceptors (Lipinski definition) is 5. The van der Waals surface area contributed by atoms with Crippen molar-refractivity contribution in [3.05, 3.63) is 52.7 Å². The van der Waals surface area contributed by atoms with E-state index in [1.165, 1.54) is 0 Å². The van der Waals surface area contributed by atoms with Gasteiger partial charge in [0.05, 0.1) is 13.7 Å². The molecule has 152 valence electrons. The Balaban J connectivity index is 1.83. The van der Waals surface area contributed by atoms with Gasteiger partial charge in [0.25, 0.3) is 0 Å². The Hall–Kier alpha value is -2.51. The maximum atomic E-state index is 6.28. The van der Waals surface area contributed by atoms with Crippen molar-refractivity contribution in [2.24, 2.45) is 4.99 Å². The number of nitrogens with zero attached hydrogens (tertiary/aromatic N) is 2. The van der Waals surface area contributed by atoms with Gasteiger partial charge in [0.15, 0.2) is 5.96 Å². The Labute approximate surface area is 171 Å². The second-order valence-electron chi connectivity index (χ2n) is 5.87. The van der Waals surface area contributed by atoms with E-state index >= 15 is 0 Å². The highest BCUT2D eigenvalue weighted by molar-refractivity contribution is 6.31. The number of ether oxygens (including phenoxy) is 3. The Morgan fingerprint density at radius 2 is 2.00 bits per heavy atom. The fraction of sp³-hybridized carbons (Fsp3) is 0.400. The molecule has 0 radical (unpaired) electrons. The van der Waals surface area contributed by atoms with Crippen LogP contribution in [0.4, 0.5) is 0 Å². The second kappa shape index (κ2) is 12.0. The lowest BCUT2D eigenvalue weighted by atomic mass is 10.1. The highest BCUT2D eigenvalue weighted by Gasteiger charge is 2.07. The fourth-order valence-corrected chi connectivity index (χ4v) is 2.75. The first kappa shape index (κ1) is 21.8. The van der Waals surface area contributed by atoms with Crippen molar-refractivity contribution in [1.29, 1.82) is 0 Å². The quantitative estimate of drug-likeness (QED) is 0.359. The van der Waals surface area contributed by atoms with E-state index < -0.39 is 0 Å². The average molecular weight is 407 g/mol. The molecule has 28 heavy (non-hydrogen) atoms. The molecule has 1 aromatic heterocycles. The van der Waals surface area contributed by atoms with E-state index in [9.17, 15) is 0 Å². The third kappa shape index (κ3) is 6.90. The summed E-state index contributed by atoms with van der Waals surface area (Å²) >= 11 is 6.28. The Morgan fingerprint density at radius 1 is 1.14 bits per heavy atom. The molecule has 0 saturated heterocycles. The minimum atomic E-state index is 0.454. The molecular formula is C20H27ClN4O3. The summed E-state index contributed by atoms with van der Waals surface area (Å²) in [6, 6.07) is 9.53. The van der Waals surface area contributed by atoms with Crippen LogP contribution in [0.1, 0.15) is 11.1 Å². The van der Waals surface area contributed by atoms with Crippen LogP contribution in [-0.2, 0) is 17.7 Å². The number of pyridine rings is 1. The van der Waals surface area contributed by atoms with E-state index in [-0.39, 0.29) is 0 Å². The summed E-state index contributed by atoms with van der Waals surface area (Å²) in [4.78, 5) is 8.53. The Kier molecular flexibility index (Phi) is 9.37. The molecule has 2 rings (SSSR count). The molecule has 0 spiro atoms. The summed E-state index contributed by atoms with van der Waals surface area (Å²) in [5.74, 6) is 2.03. The first-order valence-electron chi connectivity index (χ1n) is 9.00. The van der Waals surface area contributed by atoms with Crippen LogP contribution >= 0.6 is 11.6 Å². The van der Waals surface area contributed by atoms with Crippen molar-refractivity contribution in [3.63, 3.8) is 0 Å². The lowest BCUT2D eigenvalue weighted by Gasteiger charge is -2.14.